The highest BCUT2D eigenvalue weighted by atomic mass is 35.5. The number of rotatable bonds is 2. The number of thioether (sulfide) groups is 1. The van der Waals surface area contributed by atoms with E-state index in [0.29, 0.717) is 16.0 Å². The van der Waals surface area contributed by atoms with Gasteiger partial charge >= 0.3 is 0 Å². The van der Waals surface area contributed by atoms with Crippen LogP contribution in [0.15, 0.2) is 73.9 Å². The van der Waals surface area contributed by atoms with Crippen molar-refractivity contribution in [2.24, 2.45) is 15.1 Å². The number of hydrogen-bond donors (Lipinski definition) is 0. The van der Waals surface area contributed by atoms with Crippen molar-refractivity contribution in [2.45, 2.75) is 26.2 Å². The number of allylic oxidation sites excluding steroid dienone is 2. The number of amides is 1. The first-order chi connectivity index (χ1) is 15.0. The number of aromatic nitrogens is 1. The number of hydrogen-bond acceptors (Lipinski definition) is 4. The van der Waals surface area contributed by atoms with E-state index in [1.165, 1.54) is 24.8 Å². The maximum Gasteiger partial charge on any atom is 0.274 e. The Labute approximate surface area is 187 Å². The molecule has 31 heavy (non-hydrogen) atoms. The third kappa shape index (κ3) is 3.66. The Kier molecular flexibility index (Phi) is 5.11. The molecule has 0 N–H and O–H groups in total. The summed E-state index contributed by atoms with van der Waals surface area (Å²) < 4.78 is 16.4. The molecule has 1 aromatic heterocycles. The number of carbonyl (C=O) groups is 1. The van der Waals surface area contributed by atoms with Gasteiger partial charge in [0.1, 0.15) is 15.8 Å². The molecule has 1 amide bonds. The van der Waals surface area contributed by atoms with Gasteiger partial charge in [-0.1, -0.05) is 23.7 Å². The summed E-state index contributed by atoms with van der Waals surface area (Å²) in [5.41, 5.74) is 4.50. The molecular formula is C22H16ClFN5OS+. The molecule has 154 valence electrons. The van der Waals surface area contributed by atoms with Crippen molar-refractivity contribution in [2.75, 3.05) is 0 Å². The molecule has 0 fully saturated rings. The second-order valence-corrected chi connectivity index (χ2v) is 8.53. The lowest BCUT2D eigenvalue weighted by atomic mass is 10.0. The van der Waals surface area contributed by atoms with Gasteiger partial charge < -0.3 is 0 Å². The maximum atomic E-state index is 14.8. The Morgan fingerprint density at radius 2 is 2.06 bits per heavy atom. The molecule has 1 aliphatic carbocycles. The van der Waals surface area contributed by atoms with E-state index in [0.717, 1.165) is 52.4 Å². The van der Waals surface area contributed by atoms with Crippen molar-refractivity contribution in [3.05, 3.63) is 75.3 Å². The molecule has 0 unspecified atom stereocenters. The number of pyridine rings is 1. The Morgan fingerprint density at radius 1 is 1.23 bits per heavy atom. The monoisotopic (exact) mass is 452 g/mol. The van der Waals surface area contributed by atoms with E-state index in [1.807, 2.05) is 6.07 Å². The summed E-state index contributed by atoms with van der Waals surface area (Å²) in [5.74, 6) is -0.683. The summed E-state index contributed by atoms with van der Waals surface area (Å²) in [4.78, 5) is 25.1. The van der Waals surface area contributed by atoms with Crippen LogP contribution in [0.2, 0.25) is 5.15 Å². The van der Waals surface area contributed by atoms with Gasteiger partial charge in [-0.25, -0.2) is 9.98 Å². The second kappa shape index (κ2) is 7.94. The highest BCUT2D eigenvalue weighted by molar-refractivity contribution is 8.18. The number of para-hydroxylation sites is 1. The summed E-state index contributed by atoms with van der Waals surface area (Å²) in [5, 5.41) is 5.60. The van der Waals surface area contributed by atoms with Gasteiger partial charge in [-0.05, 0) is 53.9 Å². The predicted molar refractivity (Wildman–Crippen MR) is 119 cm³/mol. The van der Waals surface area contributed by atoms with Crippen LogP contribution in [0.25, 0.3) is 5.70 Å². The number of carbonyl (C=O) groups excluding carboxylic acids is 1. The van der Waals surface area contributed by atoms with Crippen LogP contribution in [0.4, 0.5) is 10.1 Å². The Hall–Kier alpha value is -2.97. The van der Waals surface area contributed by atoms with Crippen LogP contribution < -0.4 is 0 Å². The van der Waals surface area contributed by atoms with Crippen LogP contribution in [0.1, 0.15) is 31.7 Å². The average Bonchev–Trinajstić information content (AvgIpc) is 3.25. The standard InChI is InChI=1S/C22H16ClFN5OS/c1-12(30)26-22-27-16-7-4-5-14-19(13-9-10-18(23)25-11-13)28-29(20(14)21(16)31-22)17-8-3-2-6-15(17)24/h2-3,6,8-11H,4-5,7H2,1H3/q+1. The van der Waals surface area contributed by atoms with Crippen molar-refractivity contribution in [3.63, 3.8) is 0 Å². The molecule has 0 atom stereocenters. The van der Waals surface area contributed by atoms with Crippen molar-refractivity contribution < 1.29 is 13.9 Å². The third-order valence-corrected chi connectivity index (χ3v) is 6.28. The zero-order valence-electron chi connectivity index (χ0n) is 16.5. The summed E-state index contributed by atoms with van der Waals surface area (Å²) >= 11 is 7.30. The van der Waals surface area contributed by atoms with Gasteiger partial charge in [0.2, 0.25) is 5.91 Å². The van der Waals surface area contributed by atoms with Crippen molar-refractivity contribution in [3.8, 4) is 0 Å². The van der Waals surface area contributed by atoms with E-state index in [-0.39, 0.29) is 11.7 Å². The zero-order valence-corrected chi connectivity index (χ0v) is 18.0. The van der Waals surface area contributed by atoms with E-state index >= 15 is 0 Å². The van der Waals surface area contributed by atoms with Gasteiger partial charge in [0, 0.05) is 29.9 Å². The fourth-order valence-electron chi connectivity index (χ4n) is 3.77. The van der Waals surface area contributed by atoms with Crippen molar-refractivity contribution in [1.82, 2.24) is 4.98 Å². The average molecular weight is 453 g/mol. The molecule has 0 spiro atoms. The quantitative estimate of drug-likeness (QED) is 0.422. The molecule has 0 saturated heterocycles. The lowest BCUT2D eigenvalue weighted by Gasteiger charge is -2.03. The molecule has 0 radical (unpaired) electrons. The normalized spacial score (nSPS) is 19.3. The van der Waals surface area contributed by atoms with E-state index in [9.17, 15) is 9.18 Å². The number of halogens is 2. The Morgan fingerprint density at radius 3 is 2.81 bits per heavy atom. The summed E-state index contributed by atoms with van der Waals surface area (Å²) in [6.45, 7) is 1.40. The van der Waals surface area contributed by atoms with Crippen molar-refractivity contribution in [1.29, 1.82) is 0 Å². The number of azo groups is 2. The number of nitrogens with zero attached hydrogens (tertiary/aromatic N) is 5. The van der Waals surface area contributed by atoms with Gasteiger partial charge in [0.05, 0.1) is 11.3 Å². The number of benzene rings is 1. The maximum absolute atomic E-state index is 14.8. The SMILES string of the molecule is CC(=O)N=C1N=C2CCCC3=C(c4ccc(Cl)nc4)N=[N+](c4ccccc4F)C3=C2S1. The summed E-state index contributed by atoms with van der Waals surface area (Å²) in [6, 6.07) is 10.1. The first-order valence-electron chi connectivity index (χ1n) is 9.72. The molecule has 6 nitrogen and oxygen atoms in total. The summed E-state index contributed by atoms with van der Waals surface area (Å²) in [6.07, 6.45) is 4.01. The molecule has 5 rings (SSSR count). The van der Waals surface area contributed by atoms with Crippen LogP contribution in [0.3, 0.4) is 0 Å². The van der Waals surface area contributed by atoms with Gasteiger partial charge in [0.15, 0.2) is 11.0 Å². The Bertz CT molecular complexity index is 1280. The first kappa shape index (κ1) is 20.0. The Balaban J connectivity index is 1.75. The lowest BCUT2D eigenvalue weighted by molar-refractivity contribution is -0.448. The molecule has 0 saturated carbocycles. The zero-order chi connectivity index (χ0) is 21.5. The minimum absolute atomic E-state index is 0.306. The number of aliphatic imine (C=N–C) groups is 2. The van der Waals surface area contributed by atoms with Crippen LogP contribution in [-0.2, 0) is 4.79 Å². The predicted octanol–water partition coefficient (Wildman–Crippen LogP) is 5.88. The minimum atomic E-state index is -0.377. The fraction of sp³-hybridized carbons (Fsp3) is 0.182. The van der Waals surface area contributed by atoms with Gasteiger partial charge in [-0.3, -0.25) is 4.79 Å². The molecule has 3 heterocycles. The molecule has 2 aliphatic heterocycles. The number of fused-ring (bicyclic) bond motifs is 2. The minimum Gasteiger partial charge on any atom is -0.273 e. The second-order valence-electron chi connectivity index (χ2n) is 7.17. The largest absolute Gasteiger partial charge is 0.274 e. The molecular weight excluding hydrogens is 437 g/mol. The van der Waals surface area contributed by atoms with E-state index in [1.54, 1.807) is 35.2 Å². The van der Waals surface area contributed by atoms with Crippen molar-refractivity contribution >= 4 is 51.5 Å². The number of amidine groups is 1. The molecule has 2 aromatic rings. The van der Waals surface area contributed by atoms with Crippen LogP contribution in [0.5, 0.6) is 0 Å². The summed E-state index contributed by atoms with van der Waals surface area (Å²) in [7, 11) is 0. The lowest BCUT2D eigenvalue weighted by Crippen LogP contribution is -2.07. The molecule has 1 aromatic carbocycles. The van der Waals surface area contributed by atoms with Gasteiger partial charge in [-0.15, -0.1) is 0 Å². The van der Waals surface area contributed by atoms with E-state index in [4.69, 9.17) is 16.7 Å². The van der Waals surface area contributed by atoms with E-state index < -0.39 is 0 Å². The first-order valence-corrected chi connectivity index (χ1v) is 10.9. The van der Waals surface area contributed by atoms with Crippen LogP contribution >= 0.6 is 23.4 Å². The highest BCUT2D eigenvalue weighted by Crippen LogP contribution is 2.47. The van der Waals surface area contributed by atoms with Crippen LogP contribution in [0, 0.1) is 5.82 Å². The smallest absolute Gasteiger partial charge is 0.273 e. The van der Waals surface area contributed by atoms with Crippen LogP contribution in [-0.4, -0.2) is 26.5 Å². The molecule has 0 bridgehead atoms. The third-order valence-electron chi connectivity index (χ3n) is 5.06. The highest BCUT2D eigenvalue weighted by Gasteiger charge is 2.43. The van der Waals surface area contributed by atoms with Gasteiger partial charge in [-0.2, -0.15) is 9.38 Å². The topological polar surface area (TPSA) is 70.0 Å². The molecule has 9 heteroatoms. The van der Waals surface area contributed by atoms with E-state index in [2.05, 4.69) is 15.0 Å². The van der Waals surface area contributed by atoms with Gasteiger partial charge in [0.25, 0.3) is 11.4 Å². The fourth-order valence-corrected chi connectivity index (χ4v) is 4.97. The molecule has 3 aliphatic rings.